The lowest BCUT2D eigenvalue weighted by Crippen LogP contribution is -2.61. The summed E-state index contributed by atoms with van der Waals surface area (Å²) in [5, 5.41) is 11.2. The van der Waals surface area contributed by atoms with Gasteiger partial charge < -0.3 is 33.9 Å². The number of aliphatic hydroxyl groups is 1. The van der Waals surface area contributed by atoms with Crippen LogP contribution in [0.25, 0.3) is 0 Å². The van der Waals surface area contributed by atoms with Crippen LogP contribution in [-0.2, 0) is 33.3 Å². The lowest BCUT2D eigenvalue weighted by atomic mass is 9.79. The first-order valence-corrected chi connectivity index (χ1v) is 15.9. The second-order valence-electron chi connectivity index (χ2n) is 14.2. The Hall–Kier alpha value is -1.63. The molecule has 248 valence electrons. The number of Topliss-reactive ketones (excluding diaryl/α,β-unsaturated/α-hetero) is 1. The third-order valence-corrected chi connectivity index (χ3v) is 9.98. The van der Waals surface area contributed by atoms with Crippen molar-refractivity contribution in [1.82, 2.24) is 14.7 Å². The largest absolute Gasteiger partial charge is 0.460 e. The van der Waals surface area contributed by atoms with Crippen LogP contribution >= 0.6 is 0 Å². The van der Waals surface area contributed by atoms with Crippen LogP contribution in [0.5, 0.6) is 0 Å². The van der Waals surface area contributed by atoms with E-state index < -0.39 is 41.6 Å². The van der Waals surface area contributed by atoms with E-state index in [9.17, 15) is 19.5 Å². The van der Waals surface area contributed by atoms with Gasteiger partial charge in [-0.3, -0.25) is 19.3 Å². The minimum atomic E-state index is -1.44. The molecule has 0 aromatic carbocycles. The molecule has 0 radical (unpaired) electrons. The minimum Gasteiger partial charge on any atom is -0.460 e. The smallest absolute Gasteiger partial charge is 0.319 e. The number of nitrogens with zero attached hydrogens (tertiary/aromatic N) is 3. The molecule has 11 heteroatoms. The molecular formula is C32H57N3O8. The van der Waals surface area contributed by atoms with Crippen molar-refractivity contribution in [3.8, 4) is 0 Å². The Bertz CT molecular complexity index is 986. The lowest BCUT2D eigenvalue weighted by molar-refractivity contribution is -0.289. The fourth-order valence-electron chi connectivity index (χ4n) is 7.12. The van der Waals surface area contributed by atoms with Gasteiger partial charge in [-0.05, 0) is 74.5 Å². The molecule has 3 rings (SSSR count). The third-order valence-electron chi connectivity index (χ3n) is 9.98. The molecule has 0 aromatic heterocycles. The number of esters is 1. The number of methoxy groups -OCH3 is 1. The number of hydrogen-bond acceptors (Lipinski definition) is 10. The number of ether oxygens (including phenoxy) is 4. The quantitative estimate of drug-likeness (QED) is 0.354. The number of ketones is 1. The molecule has 3 aliphatic heterocycles. The molecule has 0 saturated carbocycles. The molecule has 9 atom stereocenters. The van der Waals surface area contributed by atoms with Crippen molar-refractivity contribution in [1.29, 1.82) is 0 Å². The molecule has 43 heavy (non-hydrogen) atoms. The van der Waals surface area contributed by atoms with Crippen molar-refractivity contribution in [2.75, 3.05) is 47.9 Å². The number of aliphatic hydroxyl groups excluding tert-OH is 1. The molecular weight excluding hydrogens is 554 g/mol. The second-order valence-corrected chi connectivity index (χ2v) is 14.2. The molecule has 1 amide bonds. The molecule has 11 nitrogen and oxygen atoms in total. The summed E-state index contributed by atoms with van der Waals surface area (Å²) in [6.45, 7) is 14.8. The highest BCUT2D eigenvalue weighted by molar-refractivity contribution is 6.03. The van der Waals surface area contributed by atoms with Gasteiger partial charge in [0.15, 0.2) is 12.1 Å². The molecule has 0 unspecified atom stereocenters. The number of likely N-dealkylation sites (N-methyl/N-ethyl adjacent to an activating group) is 2. The number of carbonyl (C=O) groups excluding carboxylic acids is 3. The number of likely N-dealkylation sites (tertiary alicyclic amines) is 1. The Morgan fingerprint density at radius 3 is 2.30 bits per heavy atom. The van der Waals surface area contributed by atoms with Gasteiger partial charge in [-0.15, -0.1) is 0 Å². The number of rotatable bonds is 6. The minimum absolute atomic E-state index is 0.106. The van der Waals surface area contributed by atoms with Crippen LogP contribution in [0.4, 0.5) is 0 Å². The van der Waals surface area contributed by atoms with Crippen molar-refractivity contribution in [3.63, 3.8) is 0 Å². The van der Waals surface area contributed by atoms with E-state index in [1.165, 1.54) is 0 Å². The molecule has 0 aliphatic carbocycles. The molecule has 0 aromatic rings. The summed E-state index contributed by atoms with van der Waals surface area (Å²) in [5.41, 5.74) is -2.37. The van der Waals surface area contributed by atoms with Crippen LogP contribution in [0.3, 0.4) is 0 Å². The number of carbonyl (C=O) groups is 3. The van der Waals surface area contributed by atoms with E-state index in [0.717, 1.165) is 0 Å². The zero-order chi connectivity index (χ0) is 32.4. The molecule has 3 saturated heterocycles. The Kier molecular flexibility index (Phi) is 11.8. The summed E-state index contributed by atoms with van der Waals surface area (Å²) in [6, 6.07) is -0.310. The van der Waals surface area contributed by atoms with E-state index in [0.29, 0.717) is 38.9 Å². The zero-order valence-electron chi connectivity index (χ0n) is 28.3. The molecule has 3 fully saturated rings. The van der Waals surface area contributed by atoms with Crippen LogP contribution in [0.1, 0.15) is 74.1 Å². The monoisotopic (exact) mass is 611 g/mol. The maximum Gasteiger partial charge on any atom is 0.319 e. The van der Waals surface area contributed by atoms with Gasteiger partial charge in [0, 0.05) is 51.5 Å². The molecule has 1 N–H and O–H groups in total. The maximum atomic E-state index is 13.9. The van der Waals surface area contributed by atoms with Crippen LogP contribution in [0.15, 0.2) is 0 Å². The summed E-state index contributed by atoms with van der Waals surface area (Å²) >= 11 is 0. The van der Waals surface area contributed by atoms with E-state index in [4.69, 9.17) is 18.9 Å². The molecule has 0 bridgehead atoms. The highest BCUT2D eigenvalue weighted by Gasteiger charge is 2.49. The van der Waals surface area contributed by atoms with E-state index in [1.807, 2.05) is 58.6 Å². The van der Waals surface area contributed by atoms with Crippen LogP contribution < -0.4 is 0 Å². The number of cyclic esters (lactones) is 1. The average Bonchev–Trinajstić information content (AvgIpc) is 2.90. The van der Waals surface area contributed by atoms with Crippen LogP contribution in [-0.4, -0.2) is 134 Å². The van der Waals surface area contributed by atoms with Gasteiger partial charge >= 0.3 is 5.97 Å². The van der Waals surface area contributed by atoms with Crippen molar-refractivity contribution in [2.24, 2.45) is 17.3 Å². The first-order chi connectivity index (χ1) is 19.9. The SMILES string of the molecule is CCC(=O)N1CC([C@@H]2[C@@H](C)OC(=O)C(C)(C)C(=O)C[C@@H](O[C@@H]3O[C@H](C)C[C@H](N(C)C)[C@H]3O)[C@](C)(OC)C[C@@H](C)CN2C)C1. The van der Waals surface area contributed by atoms with Gasteiger partial charge in [0.05, 0.1) is 23.9 Å². The van der Waals surface area contributed by atoms with Gasteiger partial charge in [-0.1, -0.05) is 13.8 Å². The Morgan fingerprint density at radius 1 is 1.12 bits per heavy atom. The van der Waals surface area contributed by atoms with Crippen molar-refractivity contribution in [2.45, 2.75) is 123 Å². The van der Waals surface area contributed by atoms with Gasteiger partial charge in [-0.2, -0.15) is 0 Å². The summed E-state index contributed by atoms with van der Waals surface area (Å²) in [4.78, 5) is 45.8. The van der Waals surface area contributed by atoms with Crippen molar-refractivity contribution < 1.29 is 38.4 Å². The third kappa shape index (κ3) is 7.97. The number of amides is 1. The fraction of sp³-hybridized carbons (Fsp3) is 0.906. The number of hydrogen-bond donors (Lipinski definition) is 1. The van der Waals surface area contributed by atoms with Crippen molar-refractivity contribution >= 4 is 17.7 Å². The van der Waals surface area contributed by atoms with Crippen molar-refractivity contribution in [3.05, 3.63) is 0 Å². The van der Waals surface area contributed by atoms with E-state index >= 15 is 0 Å². The molecule has 3 heterocycles. The highest BCUT2D eigenvalue weighted by Crippen LogP contribution is 2.37. The standard InChI is InChI=1S/C32H57N3O8/c1-12-26(37)35-17-22(18-35)27-21(4)42-30(39)31(5,6)24(36)14-25(32(7,40-11)15-19(2)16-34(27)10)43-29-28(38)23(33(8)9)13-20(3)41-29/h19-23,25,27-29,38H,12-18H2,1-11H3/t19-,20-,21-,23+,25-,27+,28-,29+,32-/m1/s1. The van der Waals surface area contributed by atoms with Gasteiger partial charge in [-0.25, -0.2) is 0 Å². The van der Waals surface area contributed by atoms with Gasteiger partial charge in [0.2, 0.25) is 5.91 Å². The summed E-state index contributed by atoms with van der Waals surface area (Å²) in [6.07, 6.45) is -1.80. The van der Waals surface area contributed by atoms with Crippen LogP contribution in [0.2, 0.25) is 0 Å². The normalized spacial score (nSPS) is 39.0. The van der Waals surface area contributed by atoms with Gasteiger partial charge in [0.25, 0.3) is 0 Å². The van der Waals surface area contributed by atoms with Gasteiger partial charge in [0.1, 0.15) is 17.6 Å². The summed E-state index contributed by atoms with van der Waals surface area (Å²) in [7, 11) is 7.46. The summed E-state index contributed by atoms with van der Waals surface area (Å²) in [5.74, 6) is -0.561. The Morgan fingerprint density at radius 2 is 1.74 bits per heavy atom. The highest BCUT2D eigenvalue weighted by atomic mass is 16.7. The fourth-order valence-corrected chi connectivity index (χ4v) is 7.12. The molecule has 3 aliphatic rings. The topological polar surface area (TPSA) is 118 Å². The maximum absolute atomic E-state index is 13.9. The Labute approximate surface area is 258 Å². The van der Waals surface area contributed by atoms with Crippen LogP contribution in [0, 0.1) is 17.3 Å². The van der Waals surface area contributed by atoms with E-state index in [-0.39, 0.29) is 48.1 Å². The summed E-state index contributed by atoms with van der Waals surface area (Å²) < 4.78 is 24.8. The first kappa shape index (κ1) is 35.8. The average molecular weight is 612 g/mol. The Balaban J connectivity index is 1.94. The van der Waals surface area contributed by atoms with E-state index in [1.54, 1.807) is 21.0 Å². The first-order valence-electron chi connectivity index (χ1n) is 15.9. The zero-order valence-corrected chi connectivity index (χ0v) is 28.3. The second kappa shape index (κ2) is 14.2. The molecule has 0 spiro atoms. The predicted molar refractivity (Wildman–Crippen MR) is 162 cm³/mol. The lowest BCUT2D eigenvalue weighted by Gasteiger charge is -2.48. The predicted octanol–water partition coefficient (Wildman–Crippen LogP) is 2.33. The van der Waals surface area contributed by atoms with E-state index in [2.05, 4.69) is 11.8 Å².